The minimum absolute atomic E-state index is 0.0522. The highest BCUT2D eigenvalue weighted by Crippen LogP contribution is 2.32. The third-order valence-corrected chi connectivity index (χ3v) is 7.42. The number of hydrogen-bond acceptors (Lipinski definition) is 8. The molecule has 0 radical (unpaired) electrons. The van der Waals surface area contributed by atoms with Gasteiger partial charge in [0.15, 0.2) is 0 Å². The molecule has 0 bridgehead atoms. The molecule has 2 N–H and O–H groups in total. The van der Waals surface area contributed by atoms with Crippen LogP contribution in [0.25, 0.3) is 0 Å². The number of hydrogen-bond donors (Lipinski definition) is 2. The Morgan fingerprint density at radius 3 is 2.17 bits per heavy atom. The normalized spacial score (nSPS) is 18.0. The number of aliphatic hydroxyl groups is 1. The summed E-state index contributed by atoms with van der Waals surface area (Å²) >= 11 is 0. The minimum Gasteiger partial charge on any atom is -0.497 e. The van der Waals surface area contributed by atoms with Crippen molar-refractivity contribution in [1.29, 1.82) is 0 Å². The third kappa shape index (κ3) is 6.73. The van der Waals surface area contributed by atoms with Crippen molar-refractivity contribution in [3.8, 4) is 11.5 Å². The van der Waals surface area contributed by atoms with Crippen LogP contribution in [-0.4, -0.2) is 75.7 Å². The number of sulfonamides is 1. The van der Waals surface area contributed by atoms with Gasteiger partial charge in [-0.3, -0.25) is 0 Å². The highest BCUT2D eigenvalue weighted by Gasteiger charge is 2.30. The van der Waals surface area contributed by atoms with Gasteiger partial charge in [-0.15, -0.1) is 0 Å². The first-order valence-electron chi connectivity index (χ1n) is 10.9. The van der Waals surface area contributed by atoms with Crippen LogP contribution < -0.4 is 9.47 Å². The Hall–Kier alpha value is -3.12. The molecular weight excluding hydrogens is 478 g/mol. The molecule has 1 heterocycles. The lowest BCUT2D eigenvalue weighted by Gasteiger charge is -2.29. The molecule has 0 saturated carbocycles. The number of aliphatic hydroxyl groups excluding tert-OH is 1. The Kier molecular flexibility index (Phi) is 9.10. The SMILES string of the molecule is COc1ccc([C@@H]2C=C(C(=O)O)O[C@H](OCCN(CCO)S(=O)(=O)c3ccc(OC)cc3)C2)cc1. The Balaban J connectivity index is 1.68. The van der Waals surface area contributed by atoms with Crippen molar-refractivity contribution >= 4 is 16.0 Å². The molecule has 1 aliphatic heterocycles. The molecule has 1 aliphatic rings. The number of aliphatic carboxylic acids is 1. The maximum atomic E-state index is 13.0. The van der Waals surface area contributed by atoms with E-state index in [1.807, 2.05) is 12.1 Å². The number of rotatable bonds is 12. The molecule has 2 aromatic carbocycles. The van der Waals surface area contributed by atoms with Gasteiger partial charge >= 0.3 is 5.97 Å². The van der Waals surface area contributed by atoms with Crippen LogP contribution in [0.4, 0.5) is 0 Å². The van der Waals surface area contributed by atoms with Crippen LogP contribution in [0.15, 0.2) is 65.3 Å². The standard InChI is InChI=1S/C24H29NO9S/c1-31-19-5-3-17(4-6-19)18-15-22(24(27)28)34-23(16-18)33-14-12-25(11-13-26)35(29,30)21-9-7-20(32-2)8-10-21/h3-10,15,18,23,26H,11-14,16H2,1-2H3,(H,27,28)/t18-,23+/m1/s1. The first kappa shape index (κ1) is 26.5. The van der Waals surface area contributed by atoms with E-state index in [4.69, 9.17) is 18.9 Å². The van der Waals surface area contributed by atoms with E-state index in [9.17, 15) is 23.4 Å². The molecule has 3 rings (SSSR count). The molecule has 0 fully saturated rings. The van der Waals surface area contributed by atoms with Gasteiger partial charge in [0.25, 0.3) is 0 Å². The second kappa shape index (κ2) is 12.0. The molecular formula is C24H29NO9S. The van der Waals surface area contributed by atoms with Gasteiger partial charge in [0, 0.05) is 25.4 Å². The van der Waals surface area contributed by atoms with E-state index < -0.39 is 22.3 Å². The summed E-state index contributed by atoms with van der Waals surface area (Å²) in [6, 6.07) is 13.2. The summed E-state index contributed by atoms with van der Waals surface area (Å²) in [5.41, 5.74) is 0.866. The number of methoxy groups -OCH3 is 2. The molecule has 11 heteroatoms. The molecule has 2 atom stereocenters. The lowest BCUT2D eigenvalue weighted by atomic mass is 9.93. The van der Waals surface area contributed by atoms with E-state index in [-0.39, 0.29) is 42.9 Å². The fourth-order valence-electron chi connectivity index (χ4n) is 3.64. The summed E-state index contributed by atoms with van der Waals surface area (Å²) in [6.07, 6.45) is 0.975. The summed E-state index contributed by atoms with van der Waals surface area (Å²) in [5, 5.41) is 18.9. The van der Waals surface area contributed by atoms with Crippen molar-refractivity contribution in [3.05, 3.63) is 65.9 Å². The van der Waals surface area contributed by atoms with Crippen LogP contribution >= 0.6 is 0 Å². The van der Waals surface area contributed by atoms with Gasteiger partial charge in [0.1, 0.15) is 11.5 Å². The van der Waals surface area contributed by atoms with Crippen molar-refractivity contribution in [2.45, 2.75) is 23.5 Å². The number of allylic oxidation sites excluding steroid dienone is 1. The first-order valence-corrected chi connectivity index (χ1v) is 12.3. The number of nitrogens with zero attached hydrogens (tertiary/aromatic N) is 1. The molecule has 35 heavy (non-hydrogen) atoms. The Morgan fingerprint density at radius 1 is 1.03 bits per heavy atom. The van der Waals surface area contributed by atoms with E-state index in [1.54, 1.807) is 19.2 Å². The topological polar surface area (TPSA) is 132 Å². The van der Waals surface area contributed by atoms with Crippen LogP contribution in [0.3, 0.4) is 0 Å². The van der Waals surface area contributed by atoms with Crippen LogP contribution in [-0.2, 0) is 24.3 Å². The fraction of sp³-hybridized carbons (Fsp3) is 0.375. The lowest BCUT2D eigenvalue weighted by Crippen LogP contribution is -2.37. The molecule has 0 aliphatic carbocycles. The Labute approximate surface area is 204 Å². The third-order valence-electron chi connectivity index (χ3n) is 5.50. The number of benzene rings is 2. The minimum atomic E-state index is -3.90. The second-order valence-corrected chi connectivity index (χ2v) is 9.61. The number of ether oxygens (including phenoxy) is 4. The average molecular weight is 508 g/mol. The van der Waals surface area contributed by atoms with E-state index in [0.717, 1.165) is 9.87 Å². The predicted molar refractivity (Wildman–Crippen MR) is 126 cm³/mol. The van der Waals surface area contributed by atoms with Crippen LogP contribution in [0.2, 0.25) is 0 Å². The quantitative estimate of drug-likeness (QED) is 0.444. The highest BCUT2D eigenvalue weighted by atomic mass is 32.2. The predicted octanol–water partition coefficient (Wildman–Crippen LogP) is 2.20. The Bertz CT molecular complexity index is 1110. The van der Waals surface area contributed by atoms with E-state index in [0.29, 0.717) is 17.9 Å². The molecule has 0 aromatic heterocycles. The van der Waals surface area contributed by atoms with Gasteiger partial charge in [-0.2, -0.15) is 4.31 Å². The summed E-state index contributed by atoms with van der Waals surface area (Å²) in [6.45, 7) is -0.630. The largest absolute Gasteiger partial charge is 0.497 e. The molecule has 0 spiro atoms. The van der Waals surface area contributed by atoms with Crippen molar-refractivity contribution < 1.29 is 42.4 Å². The van der Waals surface area contributed by atoms with Crippen LogP contribution in [0.1, 0.15) is 17.9 Å². The van der Waals surface area contributed by atoms with Crippen molar-refractivity contribution in [2.24, 2.45) is 0 Å². The molecule has 0 unspecified atom stereocenters. The van der Waals surface area contributed by atoms with Gasteiger partial charge in [0.2, 0.25) is 22.1 Å². The molecule has 2 aromatic rings. The zero-order chi connectivity index (χ0) is 25.4. The molecule has 0 saturated heterocycles. The smallest absolute Gasteiger partial charge is 0.370 e. The zero-order valence-electron chi connectivity index (χ0n) is 19.5. The summed E-state index contributed by atoms with van der Waals surface area (Å²) < 4.78 is 48.6. The monoisotopic (exact) mass is 507 g/mol. The summed E-state index contributed by atoms with van der Waals surface area (Å²) in [5.74, 6) is -0.537. The van der Waals surface area contributed by atoms with Crippen molar-refractivity contribution in [2.75, 3.05) is 40.5 Å². The van der Waals surface area contributed by atoms with Gasteiger partial charge in [-0.1, -0.05) is 12.1 Å². The van der Waals surface area contributed by atoms with Gasteiger partial charge in [-0.05, 0) is 48.0 Å². The molecule has 10 nitrogen and oxygen atoms in total. The maximum Gasteiger partial charge on any atom is 0.370 e. The van der Waals surface area contributed by atoms with E-state index in [1.165, 1.54) is 37.5 Å². The molecule has 190 valence electrons. The Morgan fingerprint density at radius 2 is 1.63 bits per heavy atom. The van der Waals surface area contributed by atoms with Crippen molar-refractivity contribution in [1.82, 2.24) is 4.31 Å². The van der Waals surface area contributed by atoms with E-state index in [2.05, 4.69) is 0 Å². The van der Waals surface area contributed by atoms with E-state index >= 15 is 0 Å². The van der Waals surface area contributed by atoms with Gasteiger partial charge in [0.05, 0.1) is 32.3 Å². The van der Waals surface area contributed by atoms with Gasteiger partial charge < -0.3 is 29.2 Å². The summed E-state index contributed by atoms with van der Waals surface area (Å²) in [4.78, 5) is 11.6. The maximum absolute atomic E-state index is 13.0. The lowest BCUT2D eigenvalue weighted by molar-refractivity contribution is -0.157. The highest BCUT2D eigenvalue weighted by molar-refractivity contribution is 7.89. The van der Waals surface area contributed by atoms with Crippen LogP contribution in [0, 0.1) is 0 Å². The second-order valence-electron chi connectivity index (χ2n) is 7.67. The summed E-state index contributed by atoms with van der Waals surface area (Å²) in [7, 11) is -0.853. The van der Waals surface area contributed by atoms with Gasteiger partial charge in [-0.25, -0.2) is 13.2 Å². The molecule has 0 amide bonds. The zero-order valence-corrected chi connectivity index (χ0v) is 20.3. The van der Waals surface area contributed by atoms with Crippen molar-refractivity contribution in [3.63, 3.8) is 0 Å². The number of carbonyl (C=O) groups is 1. The first-order chi connectivity index (χ1) is 16.8. The number of carboxylic acids is 1. The number of carboxylic acid groups (broad SMARTS) is 1. The van der Waals surface area contributed by atoms with Crippen LogP contribution in [0.5, 0.6) is 11.5 Å². The fourth-order valence-corrected chi connectivity index (χ4v) is 5.06. The average Bonchev–Trinajstić information content (AvgIpc) is 2.88.